The third kappa shape index (κ3) is 4.23. The van der Waals surface area contributed by atoms with Crippen LogP contribution in [-0.4, -0.2) is 28.4 Å². The van der Waals surface area contributed by atoms with Crippen molar-refractivity contribution in [3.63, 3.8) is 0 Å². The molecule has 0 radical (unpaired) electrons. The highest BCUT2D eigenvalue weighted by Gasteiger charge is 2.20. The summed E-state index contributed by atoms with van der Waals surface area (Å²) in [7, 11) is 0. The fraction of sp³-hybridized carbons (Fsp3) is 0.267. The zero-order valence-electron chi connectivity index (χ0n) is 12.8. The summed E-state index contributed by atoms with van der Waals surface area (Å²) in [4.78, 5) is 23.3. The number of carbonyl (C=O) groups is 2. The van der Waals surface area contributed by atoms with Crippen molar-refractivity contribution in [1.82, 2.24) is 20.6 Å². The molecule has 1 aromatic heterocycles. The van der Waals surface area contributed by atoms with E-state index in [-0.39, 0.29) is 17.3 Å². The van der Waals surface area contributed by atoms with Gasteiger partial charge < -0.3 is 4.74 Å². The maximum atomic E-state index is 12.1. The fourth-order valence-corrected chi connectivity index (χ4v) is 2.33. The molecule has 122 valence electrons. The Balaban J connectivity index is 2.11. The first-order chi connectivity index (χ1) is 11.0. The Hall–Kier alpha value is -2.54. The van der Waals surface area contributed by atoms with Gasteiger partial charge in [-0.15, -0.1) is 0 Å². The molecule has 0 spiro atoms. The van der Waals surface area contributed by atoms with Crippen LogP contribution < -0.4 is 10.9 Å². The number of aryl methyl sites for hydroxylation is 1. The molecule has 0 atom stereocenters. The van der Waals surface area contributed by atoms with E-state index < -0.39 is 12.0 Å². The zero-order valence-corrected chi connectivity index (χ0v) is 13.6. The van der Waals surface area contributed by atoms with Gasteiger partial charge in [0.15, 0.2) is 0 Å². The van der Waals surface area contributed by atoms with E-state index in [0.29, 0.717) is 12.2 Å². The average molecular weight is 337 g/mol. The molecule has 8 heteroatoms. The van der Waals surface area contributed by atoms with Gasteiger partial charge in [0.2, 0.25) is 0 Å². The summed E-state index contributed by atoms with van der Waals surface area (Å²) in [5.41, 5.74) is 6.06. The second kappa shape index (κ2) is 7.64. The first-order valence-electron chi connectivity index (χ1n) is 7.02. The molecular weight excluding hydrogens is 320 g/mol. The number of hydrogen-bond donors (Lipinski definition) is 2. The normalized spacial score (nSPS) is 10.2. The third-order valence-electron chi connectivity index (χ3n) is 3.02. The SMILES string of the molecule is CCOC(=O)NNC(=O)c1c(C)nn(Cc2ccccc2)c1Cl. The molecule has 2 amide bonds. The lowest BCUT2D eigenvalue weighted by molar-refractivity contribution is 0.0912. The summed E-state index contributed by atoms with van der Waals surface area (Å²) in [6.45, 7) is 3.98. The minimum Gasteiger partial charge on any atom is -0.449 e. The molecule has 2 rings (SSSR count). The van der Waals surface area contributed by atoms with Crippen molar-refractivity contribution in [3.8, 4) is 0 Å². The number of hydrogen-bond acceptors (Lipinski definition) is 4. The summed E-state index contributed by atoms with van der Waals surface area (Å²) in [6, 6.07) is 9.62. The van der Waals surface area contributed by atoms with Crippen LogP contribution in [0.25, 0.3) is 0 Å². The molecule has 2 aromatic rings. The third-order valence-corrected chi connectivity index (χ3v) is 3.41. The van der Waals surface area contributed by atoms with Crippen LogP contribution in [0.3, 0.4) is 0 Å². The largest absolute Gasteiger partial charge is 0.449 e. The van der Waals surface area contributed by atoms with Crippen LogP contribution in [0.4, 0.5) is 4.79 Å². The van der Waals surface area contributed by atoms with Crippen molar-refractivity contribution in [2.75, 3.05) is 6.61 Å². The van der Waals surface area contributed by atoms with Crippen molar-refractivity contribution in [2.24, 2.45) is 0 Å². The fourth-order valence-electron chi connectivity index (χ4n) is 2.01. The topological polar surface area (TPSA) is 85.2 Å². The van der Waals surface area contributed by atoms with Crippen LogP contribution in [0, 0.1) is 6.92 Å². The van der Waals surface area contributed by atoms with Crippen LogP contribution in [-0.2, 0) is 11.3 Å². The second-order valence-electron chi connectivity index (χ2n) is 4.69. The quantitative estimate of drug-likeness (QED) is 0.839. The highest BCUT2D eigenvalue weighted by Crippen LogP contribution is 2.20. The van der Waals surface area contributed by atoms with E-state index in [1.807, 2.05) is 30.3 Å². The van der Waals surface area contributed by atoms with E-state index in [4.69, 9.17) is 11.6 Å². The highest BCUT2D eigenvalue weighted by atomic mass is 35.5. The predicted molar refractivity (Wildman–Crippen MR) is 85.1 cm³/mol. The predicted octanol–water partition coefficient (Wildman–Crippen LogP) is 2.28. The minimum absolute atomic E-state index is 0.203. The van der Waals surface area contributed by atoms with Gasteiger partial charge in [-0.3, -0.25) is 10.2 Å². The summed E-state index contributed by atoms with van der Waals surface area (Å²) >= 11 is 6.25. The van der Waals surface area contributed by atoms with E-state index in [2.05, 4.69) is 20.7 Å². The van der Waals surface area contributed by atoms with Crippen molar-refractivity contribution in [2.45, 2.75) is 20.4 Å². The summed E-state index contributed by atoms with van der Waals surface area (Å²) in [5, 5.41) is 4.47. The Morgan fingerprint density at radius 1 is 1.26 bits per heavy atom. The molecule has 1 aromatic carbocycles. The van der Waals surface area contributed by atoms with Gasteiger partial charge >= 0.3 is 6.09 Å². The number of rotatable bonds is 4. The van der Waals surface area contributed by atoms with E-state index in [0.717, 1.165) is 5.56 Å². The number of hydrazine groups is 1. The Bertz CT molecular complexity index is 700. The van der Waals surface area contributed by atoms with E-state index >= 15 is 0 Å². The maximum Gasteiger partial charge on any atom is 0.426 e. The molecule has 0 bridgehead atoms. The van der Waals surface area contributed by atoms with E-state index in [1.165, 1.54) is 4.68 Å². The molecule has 7 nitrogen and oxygen atoms in total. The summed E-state index contributed by atoms with van der Waals surface area (Å²) < 4.78 is 6.19. The Kier molecular flexibility index (Phi) is 5.59. The van der Waals surface area contributed by atoms with Gasteiger partial charge in [-0.25, -0.2) is 14.9 Å². The summed E-state index contributed by atoms with van der Waals surface area (Å²) in [6.07, 6.45) is -0.744. The van der Waals surface area contributed by atoms with Crippen LogP contribution in [0.2, 0.25) is 5.15 Å². The number of nitrogens with zero attached hydrogens (tertiary/aromatic N) is 2. The van der Waals surface area contributed by atoms with Crippen molar-refractivity contribution >= 4 is 23.6 Å². The van der Waals surface area contributed by atoms with Crippen molar-refractivity contribution in [1.29, 1.82) is 0 Å². The second-order valence-corrected chi connectivity index (χ2v) is 5.05. The van der Waals surface area contributed by atoms with Gasteiger partial charge in [-0.2, -0.15) is 5.10 Å². The first-order valence-corrected chi connectivity index (χ1v) is 7.40. The lowest BCUT2D eigenvalue weighted by Crippen LogP contribution is -2.42. The Morgan fingerprint density at radius 2 is 1.96 bits per heavy atom. The zero-order chi connectivity index (χ0) is 16.8. The van der Waals surface area contributed by atoms with E-state index in [9.17, 15) is 9.59 Å². The van der Waals surface area contributed by atoms with E-state index in [1.54, 1.807) is 13.8 Å². The smallest absolute Gasteiger partial charge is 0.426 e. The van der Waals surface area contributed by atoms with Gasteiger partial charge in [0.1, 0.15) is 10.7 Å². The number of benzene rings is 1. The minimum atomic E-state index is -0.744. The van der Waals surface area contributed by atoms with Crippen LogP contribution in [0.15, 0.2) is 30.3 Å². The first kappa shape index (κ1) is 16.8. The van der Waals surface area contributed by atoms with Crippen LogP contribution in [0.5, 0.6) is 0 Å². The lowest BCUT2D eigenvalue weighted by atomic mass is 10.2. The van der Waals surface area contributed by atoms with Gasteiger partial charge in [0.25, 0.3) is 5.91 Å². The highest BCUT2D eigenvalue weighted by molar-refractivity contribution is 6.33. The molecule has 0 saturated carbocycles. The number of aromatic nitrogens is 2. The van der Waals surface area contributed by atoms with Gasteiger partial charge in [0.05, 0.1) is 18.8 Å². The van der Waals surface area contributed by atoms with Gasteiger partial charge in [-0.05, 0) is 19.4 Å². The van der Waals surface area contributed by atoms with Crippen LogP contribution >= 0.6 is 11.6 Å². The number of nitrogens with one attached hydrogen (secondary N) is 2. The molecule has 0 unspecified atom stereocenters. The standard InChI is InChI=1S/C15H17ClN4O3/c1-3-23-15(22)18-17-14(21)12-10(2)19-20(13(12)16)9-11-7-5-4-6-8-11/h4-8H,3,9H2,1-2H3,(H,17,21)(H,18,22). The maximum absolute atomic E-state index is 12.1. The summed E-state index contributed by atoms with van der Waals surface area (Å²) in [5.74, 6) is -0.556. The lowest BCUT2D eigenvalue weighted by Gasteiger charge is -2.07. The van der Waals surface area contributed by atoms with Gasteiger partial charge in [-0.1, -0.05) is 41.9 Å². The monoisotopic (exact) mass is 336 g/mol. The van der Waals surface area contributed by atoms with Crippen molar-refractivity contribution < 1.29 is 14.3 Å². The van der Waals surface area contributed by atoms with Crippen LogP contribution in [0.1, 0.15) is 28.5 Å². The molecule has 0 fully saturated rings. The number of halogens is 1. The van der Waals surface area contributed by atoms with Crippen molar-refractivity contribution in [3.05, 3.63) is 52.3 Å². The average Bonchev–Trinajstić information content (AvgIpc) is 2.80. The van der Waals surface area contributed by atoms with Gasteiger partial charge in [0, 0.05) is 0 Å². The molecular formula is C15H17ClN4O3. The number of amides is 2. The molecule has 23 heavy (non-hydrogen) atoms. The molecule has 2 N–H and O–H groups in total. The molecule has 1 heterocycles. The number of carbonyl (C=O) groups excluding carboxylic acids is 2. The molecule has 0 aliphatic heterocycles. The Morgan fingerprint density at radius 3 is 2.61 bits per heavy atom. The molecule has 0 aliphatic carbocycles. The Labute approximate surface area is 138 Å². The number of ether oxygens (including phenoxy) is 1. The molecule has 0 aliphatic rings. The molecule has 0 saturated heterocycles.